The largest absolute Gasteiger partial charge is 0.371 e. The number of hydrogen-bond donors (Lipinski definition) is 0. The van der Waals surface area contributed by atoms with Gasteiger partial charge in [-0.1, -0.05) is 32.6 Å². The lowest BCUT2D eigenvalue weighted by molar-refractivity contribution is -0.00757. The van der Waals surface area contributed by atoms with Gasteiger partial charge < -0.3 is 4.74 Å². The Morgan fingerprint density at radius 1 is 1.54 bits per heavy atom. The lowest BCUT2D eigenvalue weighted by atomic mass is 9.42. The average molecular weight is 180 g/mol. The van der Waals surface area contributed by atoms with Gasteiger partial charge in [0.1, 0.15) is 0 Å². The number of rotatable bonds is 3. The van der Waals surface area contributed by atoms with Gasteiger partial charge in [-0.05, 0) is 20.3 Å². The number of ether oxygens (including phenoxy) is 1. The quantitative estimate of drug-likeness (QED) is 0.606. The van der Waals surface area contributed by atoms with Crippen LogP contribution in [0.2, 0.25) is 13.1 Å². The van der Waals surface area contributed by atoms with E-state index in [1.54, 1.807) is 5.47 Å². The van der Waals surface area contributed by atoms with Crippen LogP contribution in [-0.2, 0) is 4.74 Å². The fourth-order valence-corrected chi connectivity index (χ4v) is 1.98. The van der Waals surface area contributed by atoms with Crippen LogP contribution in [0.25, 0.3) is 0 Å². The van der Waals surface area contributed by atoms with Crippen LogP contribution in [0.3, 0.4) is 0 Å². The zero-order chi connectivity index (χ0) is 9.90. The molecule has 0 atom stereocenters. The molecule has 13 heavy (non-hydrogen) atoms. The monoisotopic (exact) mass is 180 g/mol. The third-order valence-corrected chi connectivity index (χ3v) is 2.80. The van der Waals surface area contributed by atoms with Crippen molar-refractivity contribution < 1.29 is 4.74 Å². The first-order valence-electron chi connectivity index (χ1n) is 5.38. The second kappa shape index (κ2) is 4.32. The number of hydrogen-bond acceptors (Lipinski definition) is 1. The summed E-state index contributed by atoms with van der Waals surface area (Å²) in [6.45, 7) is 10.5. The van der Waals surface area contributed by atoms with Gasteiger partial charge >= 0.3 is 0 Å². The van der Waals surface area contributed by atoms with Crippen molar-refractivity contribution in [3.05, 3.63) is 11.5 Å². The Morgan fingerprint density at radius 2 is 2.23 bits per heavy atom. The predicted octanol–water partition coefficient (Wildman–Crippen LogP) is 3.19. The van der Waals surface area contributed by atoms with E-state index in [1.165, 1.54) is 12.7 Å². The van der Waals surface area contributed by atoms with Crippen molar-refractivity contribution in [1.29, 1.82) is 0 Å². The van der Waals surface area contributed by atoms with E-state index in [-0.39, 0.29) is 5.60 Å². The second-order valence-corrected chi connectivity index (χ2v) is 4.72. The molecule has 1 nitrogen and oxygen atoms in total. The summed E-state index contributed by atoms with van der Waals surface area (Å²) in [5.41, 5.74) is 1.66. The van der Waals surface area contributed by atoms with Crippen molar-refractivity contribution in [3.63, 3.8) is 0 Å². The Balaban J connectivity index is 2.55. The maximum absolute atomic E-state index is 5.65. The van der Waals surface area contributed by atoms with Gasteiger partial charge in [0.15, 0.2) is 6.71 Å². The molecule has 2 heteroatoms. The Hall–Kier alpha value is -0.235. The molecule has 1 rings (SSSR count). The van der Waals surface area contributed by atoms with Crippen molar-refractivity contribution in [3.8, 4) is 0 Å². The lowest BCUT2D eigenvalue weighted by Gasteiger charge is -2.32. The second-order valence-electron chi connectivity index (χ2n) is 4.72. The van der Waals surface area contributed by atoms with Gasteiger partial charge in [-0.25, -0.2) is 0 Å². The van der Waals surface area contributed by atoms with Crippen molar-refractivity contribution in [2.75, 3.05) is 6.61 Å². The molecule has 0 radical (unpaired) electrons. The fraction of sp³-hybridized carbons (Fsp3) is 0.818. The molecular formula is C11H21BO. The molecule has 0 saturated heterocycles. The van der Waals surface area contributed by atoms with E-state index >= 15 is 0 Å². The van der Waals surface area contributed by atoms with Crippen molar-refractivity contribution >= 4 is 6.71 Å². The molecule has 74 valence electrons. The Bertz CT molecular complexity index is 196. The highest BCUT2D eigenvalue weighted by Crippen LogP contribution is 2.27. The van der Waals surface area contributed by atoms with Gasteiger partial charge in [-0.2, -0.15) is 0 Å². The van der Waals surface area contributed by atoms with Gasteiger partial charge in [0.05, 0.1) is 12.2 Å². The molecule has 1 aliphatic rings. The first-order chi connectivity index (χ1) is 6.05. The van der Waals surface area contributed by atoms with Crippen LogP contribution in [-0.4, -0.2) is 18.9 Å². The van der Waals surface area contributed by atoms with Crippen molar-refractivity contribution in [2.24, 2.45) is 0 Å². The molecular weight excluding hydrogens is 159 g/mol. The molecule has 0 bridgehead atoms. The van der Waals surface area contributed by atoms with Gasteiger partial charge in [-0.3, -0.25) is 0 Å². The topological polar surface area (TPSA) is 9.23 Å². The van der Waals surface area contributed by atoms with Gasteiger partial charge in [-0.15, -0.1) is 5.47 Å². The van der Waals surface area contributed by atoms with E-state index in [4.69, 9.17) is 4.74 Å². The first kappa shape index (κ1) is 10.8. The van der Waals surface area contributed by atoms with Crippen LogP contribution in [0.4, 0.5) is 0 Å². The Labute approximate surface area is 82.6 Å². The summed E-state index contributed by atoms with van der Waals surface area (Å²) in [6, 6.07) is 0. The summed E-state index contributed by atoms with van der Waals surface area (Å²) in [5, 5.41) is 0. The zero-order valence-electron chi connectivity index (χ0n) is 9.39. The summed E-state index contributed by atoms with van der Waals surface area (Å²) in [7, 11) is 0. The standard InChI is InChI=1S/C11H21BO/c1-5-7-12(4)10-6-8-13-11(2,3)9-10/h6H,5,7-9H2,1-4H3. The highest BCUT2D eigenvalue weighted by atomic mass is 16.5. The van der Waals surface area contributed by atoms with E-state index in [1.807, 2.05) is 0 Å². The highest BCUT2D eigenvalue weighted by Gasteiger charge is 2.26. The predicted molar refractivity (Wildman–Crippen MR) is 59.4 cm³/mol. The van der Waals surface area contributed by atoms with E-state index in [2.05, 4.69) is 33.7 Å². The van der Waals surface area contributed by atoms with Gasteiger partial charge in [0.25, 0.3) is 0 Å². The third-order valence-electron chi connectivity index (χ3n) is 2.80. The normalized spacial score (nSPS) is 21.1. The molecule has 0 saturated carbocycles. The van der Waals surface area contributed by atoms with E-state index < -0.39 is 0 Å². The molecule has 0 spiro atoms. The molecule has 0 fully saturated rings. The van der Waals surface area contributed by atoms with Gasteiger partial charge in [0, 0.05) is 0 Å². The van der Waals surface area contributed by atoms with E-state index in [0.29, 0.717) is 0 Å². The summed E-state index contributed by atoms with van der Waals surface area (Å²) in [4.78, 5) is 0. The van der Waals surface area contributed by atoms with E-state index in [0.717, 1.165) is 19.7 Å². The van der Waals surface area contributed by atoms with Crippen molar-refractivity contribution in [2.45, 2.75) is 52.4 Å². The molecule has 1 aliphatic heterocycles. The summed E-state index contributed by atoms with van der Waals surface area (Å²) >= 11 is 0. The Morgan fingerprint density at radius 3 is 2.77 bits per heavy atom. The summed E-state index contributed by atoms with van der Waals surface area (Å²) in [5.74, 6) is 0. The van der Waals surface area contributed by atoms with Crippen LogP contribution < -0.4 is 0 Å². The SMILES string of the molecule is CCCB(C)C1=CCOC(C)(C)C1. The zero-order valence-corrected chi connectivity index (χ0v) is 9.39. The third kappa shape index (κ3) is 3.19. The molecule has 0 N–H and O–H groups in total. The average Bonchev–Trinajstić information content (AvgIpc) is 2.03. The molecule has 1 heterocycles. The van der Waals surface area contributed by atoms with Crippen LogP contribution >= 0.6 is 0 Å². The smallest absolute Gasteiger partial charge is 0.167 e. The Kier molecular flexibility index (Phi) is 3.60. The minimum absolute atomic E-state index is 0.0616. The van der Waals surface area contributed by atoms with Crippen LogP contribution in [0.1, 0.15) is 33.6 Å². The van der Waals surface area contributed by atoms with Gasteiger partial charge in [0.2, 0.25) is 0 Å². The van der Waals surface area contributed by atoms with Crippen LogP contribution in [0.15, 0.2) is 11.5 Å². The first-order valence-corrected chi connectivity index (χ1v) is 5.38. The minimum Gasteiger partial charge on any atom is -0.371 e. The minimum atomic E-state index is 0.0616. The fourth-order valence-electron chi connectivity index (χ4n) is 1.98. The maximum atomic E-state index is 5.65. The van der Waals surface area contributed by atoms with Crippen LogP contribution in [0, 0.1) is 0 Å². The molecule has 0 aromatic heterocycles. The molecule has 0 aromatic rings. The molecule has 0 amide bonds. The van der Waals surface area contributed by atoms with E-state index in [9.17, 15) is 0 Å². The molecule has 0 unspecified atom stereocenters. The lowest BCUT2D eigenvalue weighted by Crippen LogP contribution is -2.32. The molecule has 0 aliphatic carbocycles. The summed E-state index contributed by atoms with van der Waals surface area (Å²) in [6.07, 6.45) is 5.96. The molecule has 0 aromatic carbocycles. The summed E-state index contributed by atoms with van der Waals surface area (Å²) < 4.78 is 5.65. The van der Waals surface area contributed by atoms with Crippen molar-refractivity contribution in [1.82, 2.24) is 0 Å². The highest BCUT2D eigenvalue weighted by molar-refractivity contribution is 6.65. The maximum Gasteiger partial charge on any atom is 0.167 e. The van der Waals surface area contributed by atoms with Crippen LogP contribution in [0.5, 0.6) is 0 Å².